The number of benzene rings is 2. The first-order valence-electron chi connectivity index (χ1n) is 7.32. The predicted octanol–water partition coefficient (Wildman–Crippen LogP) is 2.87. The first kappa shape index (κ1) is 15.9. The number of amides is 2. The number of hydrogen-bond acceptors (Lipinski definition) is 3. The van der Waals surface area contributed by atoms with Crippen LogP contribution in [-0.4, -0.2) is 18.4 Å². The lowest BCUT2D eigenvalue weighted by Crippen LogP contribution is -2.25. The highest BCUT2D eigenvalue weighted by Crippen LogP contribution is 2.28. The maximum Gasteiger partial charge on any atom is 0.262 e. The van der Waals surface area contributed by atoms with Crippen LogP contribution < -0.4 is 15.4 Å². The molecule has 0 aliphatic carbocycles. The highest BCUT2D eigenvalue weighted by Gasteiger charge is 2.16. The van der Waals surface area contributed by atoms with E-state index in [1.165, 1.54) is 6.07 Å². The summed E-state index contributed by atoms with van der Waals surface area (Å²) in [6.07, 6.45) is 0.589. The molecular formula is C17H14F2N2O3. The van der Waals surface area contributed by atoms with Crippen molar-refractivity contribution in [1.29, 1.82) is 0 Å². The molecule has 7 heteroatoms. The number of aryl methyl sites for hydroxylation is 1. The van der Waals surface area contributed by atoms with Gasteiger partial charge in [0.2, 0.25) is 5.91 Å². The zero-order valence-corrected chi connectivity index (χ0v) is 12.6. The van der Waals surface area contributed by atoms with E-state index in [0.29, 0.717) is 17.9 Å². The number of fused-ring (bicyclic) bond motifs is 1. The SMILES string of the molecule is O=C(CCc1ccc2c(c1)NC(=O)CO2)Nc1ccc(F)c(F)c1. The van der Waals surface area contributed by atoms with Gasteiger partial charge in [-0.25, -0.2) is 8.78 Å². The Morgan fingerprint density at radius 1 is 1.17 bits per heavy atom. The number of carbonyl (C=O) groups is 2. The Bertz CT molecular complexity index is 808. The summed E-state index contributed by atoms with van der Waals surface area (Å²) in [4.78, 5) is 23.2. The maximum absolute atomic E-state index is 13.1. The van der Waals surface area contributed by atoms with Crippen LogP contribution in [0.15, 0.2) is 36.4 Å². The third kappa shape index (κ3) is 3.68. The van der Waals surface area contributed by atoms with Crippen molar-refractivity contribution in [2.75, 3.05) is 17.2 Å². The van der Waals surface area contributed by atoms with Crippen LogP contribution in [0.1, 0.15) is 12.0 Å². The lowest BCUT2D eigenvalue weighted by molar-refractivity contribution is -0.118. The number of halogens is 2. The van der Waals surface area contributed by atoms with E-state index in [-0.39, 0.29) is 30.5 Å². The number of anilines is 2. The van der Waals surface area contributed by atoms with Crippen molar-refractivity contribution in [2.24, 2.45) is 0 Å². The monoisotopic (exact) mass is 332 g/mol. The van der Waals surface area contributed by atoms with Gasteiger partial charge in [0.25, 0.3) is 5.91 Å². The minimum atomic E-state index is -1.02. The summed E-state index contributed by atoms with van der Waals surface area (Å²) in [5.74, 6) is -1.94. The molecular weight excluding hydrogens is 318 g/mol. The molecule has 2 aromatic carbocycles. The molecule has 124 valence electrons. The Kier molecular flexibility index (Phi) is 4.41. The smallest absolute Gasteiger partial charge is 0.262 e. The van der Waals surface area contributed by atoms with E-state index in [1.807, 2.05) is 0 Å². The number of rotatable bonds is 4. The fourth-order valence-corrected chi connectivity index (χ4v) is 2.34. The standard InChI is InChI=1S/C17H14F2N2O3/c18-12-4-3-11(8-13(12)19)20-16(22)6-2-10-1-5-15-14(7-10)21-17(23)9-24-15/h1,3-5,7-8H,2,6,9H2,(H,20,22)(H,21,23). The fraction of sp³-hybridized carbons (Fsp3) is 0.176. The molecule has 1 aliphatic rings. The Morgan fingerprint density at radius 3 is 2.79 bits per heavy atom. The van der Waals surface area contributed by atoms with Gasteiger partial charge in [0.1, 0.15) is 5.75 Å². The first-order chi connectivity index (χ1) is 11.5. The molecule has 2 N–H and O–H groups in total. The fourth-order valence-electron chi connectivity index (χ4n) is 2.34. The highest BCUT2D eigenvalue weighted by atomic mass is 19.2. The number of carbonyl (C=O) groups excluding carboxylic acids is 2. The lowest BCUT2D eigenvalue weighted by atomic mass is 10.1. The first-order valence-corrected chi connectivity index (χ1v) is 7.32. The number of hydrogen-bond donors (Lipinski definition) is 2. The molecule has 0 atom stereocenters. The molecule has 0 saturated carbocycles. The third-order valence-corrected chi connectivity index (χ3v) is 3.52. The Morgan fingerprint density at radius 2 is 2.00 bits per heavy atom. The van der Waals surface area contributed by atoms with Crippen molar-refractivity contribution in [1.82, 2.24) is 0 Å². The Labute approximate surface area is 136 Å². The van der Waals surface area contributed by atoms with Gasteiger partial charge in [-0.1, -0.05) is 6.07 Å². The largest absolute Gasteiger partial charge is 0.482 e. The van der Waals surface area contributed by atoms with E-state index in [4.69, 9.17) is 4.74 Å². The third-order valence-electron chi connectivity index (χ3n) is 3.52. The van der Waals surface area contributed by atoms with Crippen molar-refractivity contribution in [3.8, 4) is 5.75 Å². The Balaban J connectivity index is 1.59. The number of nitrogens with one attached hydrogen (secondary N) is 2. The second-order valence-corrected chi connectivity index (χ2v) is 5.34. The summed E-state index contributed by atoms with van der Waals surface area (Å²) in [7, 11) is 0. The molecule has 0 aromatic heterocycles. The zero-order chi connectivity index (χ0) is 17.1. The van der Waals surface area contributed by atoms with E-state index in [9.17, 15) is 18.4 Å². The minimum absolute atomic E-state index is 0.0109. The van der Waals surface area contributed by atoms with E-state index < -0.39 is 11.6 Å². The summed E-state index contributed by atoms with van der Waals surface area (Å²) in [6, 6.07) is 8.47. The normalized spacial score (nSPS) is 12.8. The van der Waals surface area contributed by atoms with Crippen LogP contribution in [0.3, 0.4) is 0 Å². The number of ether oxygens (including phenoxy) is 1. The predicted molar refractivity (Wildman–Crippen MR) is 83.9 cm³/mol. The van der Waals surface area contributed by atoms with Crippen molar-refractivity contribution in [2.45, 2.75) is 12.8 Å². The van der Waals surface area contributed by atoms with E-state index >= 15 is 0 Å². The molecule has 1 aliphatic heterocycles. The molecule has 5 nitrogen and oxygen atoms in total. The van der Waals surface area contributed by atoms with Crippen LogP contribution in [0, 0.1) is 11.6 Å². The summed E-state index contributed by atoms with van der Waals surface area (Å²) in [6.45, 7) is -0.0109. The minimum Gasteiger partial charge on any atom is -0.482 e. The van der Waals surface area contributed by atoms with E-state index in [1.54, 1.807) is 18.2 Å². The van der Waals surface area contributed by atoms with Gasteiger partial charge >= 0.3 is 0 Å². The molecule has 0 saturated heterocycles. The maximum atomic E-state index is 13.1. The van der Waals surface area contributed by atoms with Crippen LogP contribution in [0.2, 0.25) is 0 Å². The van der Waals surface area contributed by atoms with Crippen molar-refractivity contribution in [3.05, 3.63) is 53.6 Å². The Hall–Kier alpha value is -2.96. The van der Waals surface area contributed by atoms with Gasteiger partial charge in [-0.05, 0) is 36.2 Å². The van der Waals surface area contributed by atoms with E-state index in [0.717, 1.165) is 17.7 Å². The van der Waals surface area contributed by atoms with Crippen LogP contribution in [0.4, 0.5) is 20.2 Å². The lowest BCUT2D eigenvalue weighted by Gasteiger charge is -2.18. The summed E-state index contributed by atoms with van der Waals surface area (Å²) in [5.41, 5.74) is 1.62. The molecule has 2 aromatic rings. The van der Waals surface area contributed by atoms with Crippen LogP contribution in [0.25, 0.3) is 0 Å². The van der Waals surface area contributed by atoms with Gasteiger partial charge < -0.3 is 15.4 Å². The van der Waals surface area contributed by atoms with Gasteiger partial charge in [0.05, 0.1) is 5.69 Å². The summed E-state index contributed by atoms with van der Waals surface area (Å²) < 4.78 is 31.2. The average molecular weight is 332 g/mol. The summed E-state index contributed by atoms with van der Waals surface area (Å²) >= 11 is 0. The molecule has 24 heavy (non-hydrogen) atoms. The van der Waals surface area contributed by atoms with Gasteiger partial charge in [0, 0.05) is 18.2 Å². The molecule has 2 amide bonds. The summed E-state index contributed by atoms with van der Waals surface area (Å²) in [5, 5.41) is 5.21. The molecule has 1 heterocycles. The van der Waals surface area contributed by atoms with Crippen molar-refractivity contribution < 1.29 is 23.1 Å². The van der Waals surface area contributed by atoms with Gasteiger partial charge in [-0.2, -0.15) is 0 Å². The highest BCUT2D eigenvalue weighted by molar-refractivity contribution is 5.95. The van der Waals surface area contributed by atoms with Crippen molar-refractivity contribution >= 4 is 23.2 Å². The van der Waals surface area contributed by atoms with E-state index in [2.05, 4.69) is 10.6 Å². The van der Waals surface area contributed by atoms with Crippen LogP contribution >= 0.6 is 0 Å². The van der Waals surface area contributed by atoms with Gasteiger partial charge in [-0.3, -0.25) is 9.59 Å². The molecule has 0 unspecified atom stereocenters. The average Bonchev–Trinajstić information content (AvgIpc) is 2.56. The van der Waals surface area contributed by atoms with Crippen LogP contribution in [-0.2, 0) is 16.0 Å². The molecule has 0 radical (unpaired) electrons. The van der Waals surface area contributed by atoms with Crippen molar-refractivity contribution in [3.63, 3.8) is 0 Å². The van der Waals surface area contributed by atoms with Gasteiger partial charge in [-0.15, -0.1) is 0 Å². The molecule has 0 bridgehead atoms. The molecule has 0 spiro atoms. The quantitative estimate of drug-likeness (QED) is 0.905. The van der Waals surface area contributed by atoms with Gasteiger partial charge in [0.15, 0.2) is 18.2 Å². The van der Waals surface area contributed by atoms with Crippen LogP contribution in [0.5, 0.6) is 5.75 Å². The zero-order valence-electron chi connectivity index (χ0n) is 12.6. The molecule has 0 fully saturated rings. The second-order valence-electron chi connectivity index (χ2n) is 5.34. The topological polar surface area (TPSA) is 67.4 Å². The molecule has 3 rings (SSSR count). The second kappa shape index (κ2) is 6.66.